The molecule has 1 aliphatic rings. The highest BCUT2D eigenvalue weighted by Crippen LogP contribution is 2.30. The largest absolute Gasteiger partial charge is 0.493 e. The maximum Gasteiger partial charge on any atom is 0.274 e. The van der Waals surface area contributed by atoms with Gasteiger partial charge in [0.2, 0.25) is 0 Å². The molecule has 0 fully saturated rings. The molecule has 0 spiro atoms. The van der Waals surface area contributed by atoms with E-state index in [2.05, 4.69) is 5.10 Å². The number of carbonyl (C=O) groups excluding carboxylic acids is 1. The Labute approximate surface area is 181 Å². The molecule has 7 heteroatoms. The van der Waals surface area contributed by atoms with Crippen molar-refractivity contribution >= 4 is 5.91 Å². The number of benzene rings is 2. The Balaban J connectivity index is 1.64. The van der Waals surface area contributed by atoms with Crippen LogP contribution in [0.1, 0.15) is 40.7 Å². The fourth-order valence-electron chi connectivity index (χ4n) is 4.08. The van der Waals surface area contributed by atoms with Crippen LogP contribution < -0.4 is 9.47 Å². The first-order valence-electron chi connectivity index (χ1n) is 10.4. The van der Waals surface area contributed by atoms with Gasteiger partial charge in [-0.1, -0.05) is 6.07 Å². The molecule has 0 radical (unpaired) electrons. The van der Waals surface area contributed by atoms with E-state index in [4.69, 9.17) is 9.47 Å². The number of aromatic nitrogens is 2. The molecule has 6 nitrogen and oxygen atoms in total. The van der Waals surface area contributed by atoms with E-state index in [0.717, 1.165) is 41.8 Å². The zero-order valence-corrected chi connectivity index (χ0v) is 18.0. The molecule has 3 aromatic rings. The van der Waals surface area contributed by atoms with Gasteiger partial charge in [-0.15, -0.1) is 0 Å². The Kier molecular flexibility index (Phi) is 5.93. The normalized spacial score (nSPS) is 12.5. The number of rotatable bonds is 7. The lowest BCUT2D eigenvalue weighted by Crippen LogP contribution is -2.31. The molecule has 0 bridgehead atoms. The molecular weight excluding hydrogens is 397 g/mol. The number of carbonyl (C=O) groups is 1. The average molecular weight is 423 g/mol. The van der Waals surface area contributed by atoms with Crippen molar-refractivity contribution in [3.8, 4) is 17.2 Å². The second-order valence-electron chi connectivity index (χ2n) is 7.52. The van der Waals surface area contributed by atoms with Crippen molar-refractivity contribution in [2.24, 2.45) is 0 Å². The number of methoxy groups -OCH3 is 2. The van der Waals surface area contributed by atoms with E-state index in [1.165, 1.54) is 12.1 Å². The summed E-state index contributed by atoms with van der Waals surface area (Å²) in [4.78, 5) is 15.2. The SMILES string of the molecule is CCN(Cc1ccc(OC)c(OC)c1)C(=O)c1nn(-c2ccc(F)cc2)c2c1CCC2. The molecule has 2 aromatic carbocycles. The summed E-state index contributed by atoms with van der Waals surface area (Å²) in [6.45, 7) is 2.94. The van der Waals surface area contributed by atoms with Gasteiger partial charge in [-0.05, 0) is 68.1 Å². The van der Waals surface area contributed by atoms with E-state index in [1.807, 2.05) is 25.1 Å². The highest BCUT2D eigenvalue weighted by molar-refractivity contribution is 5.94. The van der Waals surface area contributed by atoms with Gasteiger partial charge < -0.3 is 14.4 Å². The first-order valence-corrected chi connectivity index (χ1v) is 10.4. The van der Waals surface area contributed by atoms with Crippen LogP contribution in [0.2, 0.25) is 0 Å². The van der Waals surface area contributed by atoms with E-state index in [9.17, 15) is 9.18 Å². The van der Waals surface area contributed by atoms with Crippen LogP contribution in [0.15, 0.2) is 42.5 Å². The smallest absolute Gasteiger partial charge is 0.274 e. The Morgan fingerprint density at radius 3 is 2.52 bits per heavy atom. The molecule has 1 amide bonds. The van der Waals surface area contributed by atoms with Crippen LogP contribution in [0.4, 0.5) is 4.39 Å². The third kappa shape index (κ3) is 4.00. The maximum absolute atomic E-state index is 13.5. The standard InChI is InChI=1S/C24H26FN3O3/c1-4-27(15-16-8-13-21(30-2)22(14-16)31-3)24(29)23-19-6-5-7-20(19)28(26-23)18-11-9-17(25)10-12-18/h8-14H,4-7,15H2,1-3H3. The average Bonchev–Trinajstić information content (AvgIpc) is 3.40. The molecule has 1 heterocycles. The van der Waals surface area contributed by atoms with E-state index in [-0.39, 0.29) is 11.7 Å². The molecule has 162 valence electrons. The Morgan fingerprint density at radius 1 is 1.10 bits per heavy atom. The van der Waals surface area contributed by atoms with E-state index in [1.54, 1.807) is 35.9 Å². The minimum absolute atomic E-state index is 0.101. The molecule has 1 aliphatic carbocycles. The van der Waals surface area contributed by atoms with Crippen LogP contribution in [0.25, 0.3) is 5.69 Å². The minimum atomic E-state index is -0.295. The number of amides is 1. The summed E-state index contributed by atoms with van der Waals surface area (Å²) in [5, 5.41) is 4.66. The maximum atomic E-state index is 13.5. The van der Waals surface area contributed by atoms with Gasteiger partial charge in [0.1, 0.15) is 5.82 Å². The predicted octanol–water partition coefficient (Wildman–Crippen LogP) is 4.18. The first-order chi connectivity index (χ1) is 15.0. The molecule has 0 aliphatic heterocycles. The number of halogens is 1. The molecule has 31 heavy (non-hydrogen) atoms. The number of nitrogens with zero attached hydrogens (tertiary/aromatic N) is 3. The number of hydrogen-bond donors (Lipinski definition) is 0. The third-order valence-electron chi connectivity index (χ3n) is 5.69. The lowest BCUT2D eigenvalue weighted by atomic mass is 10.1. The topological polar surface area (TPSA) is 56.6 Å². The monoisotopic (exact) mass is 423 g/mol. The van der Waals surface area contributed by atoms with Crippen molar-refractivity contribution in [3.63, 3.8) is 0 Å². The van der Waals surface area contributed by atoms with Crippen LogP contribution >= 0.6 is 0 Å². The molecule has 0 saturated carbocycles. The van der Waals surface area contributed by atoms with Crippen molar-refractivity contribution in [1.82, 2.24) is 14.7 Å². The van der Waals surface area contributed by atoms with Gasteiger partial charge in [-0.3, -0.25) is 4.79 Å². The predicted molar refractivity (Wildman–Crippen MR) is 116 cm³/mol. The fraction of sp³-hybridized carbons (Fsp3) is 0.333. The van der Waals surface area contributed by atoms with Gasteiger partial charge in [0.25, 0.3) is 5.91 Å². The summed E-state index contributed by atoms with van der Waals surface area (Å²) < 4.78 is 25.8. The summed E-state index contributed by atoms with van der Waals surface area (Å²) in [5.41, 5.74) is 4.24. The molecule has 0 atom stereocenters. The van der Waals surface area contributed by atoms with Crippen LogP contribution in [-0.2, 0) is 19.4 Å². The first kappa shape index (κ1) is 20.9. The number of fused-ring (bicyclic) bond motifs is 1. The van der Waals surface area contributed by atoms with Crippen molar-refractivity contribution in [2.45, 2.75) is 32.7 Å². The Bertz CT molecular complexity index is 1090. The second-order valence-corrected chi connectivity index (χ2v) is 7.52. The molecular formula is C24H26FN3O3. The molecule has 0 unspecified atom stereocenters. The van der Waals surface area contributed by atoms with Crippen molar-refractivity contribution in [1.29, 1.82) is 0 Å². The van der Waals surface area contributed by atoms with Crippen molar-refractivity contribution in [2.75, 3.05) is 20.8 Å². The summed E-state index contributed by atoms with van der Waals surface area (Å²) in [7, 11) is 3.19. The van der Waals surface area contributed by atoms with E-state index >= 15 is 0 Å². The lowest BCUT2D eigenvalue weighted by Gasteiger charge is -2.21. The van der Waals surface area contributed by atoms with Crippen molar-refractivity contribution < 1.29 is 18.7 Å². The van der Waals surface area contributed by atoms with Gasteiger partial charge >= 0.3 is 0 Å². The molecule has 1 aromatic heterocycles. The lowest BCUT2D eigenvalue weighted by molar-refractivity contribution is 0.0745. The summed E-state index contributed by atoms with van der Waals surface area (Å²) in [6.07, 6.45) is 2.66. The van der Waals surface area contributed by atoms with Crippen LogP contribution in [0.5, 0.6) is 11.5 Å². The van der Waals surface area contributed by atoms with Gasteiger partial charge in [0.15, 0.2) is 17.2 Å². The molecule has 0 N–H and O–H groups in total. The van der Waals surface area contributed by atoms with Crippen LogP contribution in [0, 0.1) is 5.82 Å². The van der Waals surface area contributed by atoms with E-state index < -0.39 is 0 Å². The quantitative estimate of drug-likeness (QED) is 0.572. The zero-order chi connectivity index (χ0) is 22.0. The zero-order valence-electron chi connectivity index (χ0n) is 18.0. The number of hydrogen-bond acceptors (Lipinski definition) is 4. The van der Waals surface area contributed by atoms with Gasteiger partial charge in [-0.25, -0.2) is 9.07 Å². The highest BCUT2D eigenvalue weighted by Gasteiger charge is 2.29. The van der Waals surface area contributed by atoms with Gasteiger partial charge in [0, 0.05) is 24.3 Å². The summed E-state index contributed by atoms with van der Waals surface area (Å²) in [6, 6.07) is 11.9. The van der Waals surface area contributed by atoms with Crippen LogP contribution in [-0.4, -0.2) is 41.4 Å². The summed E-state index contributed by atoms with van der Waals surface area (Å²) in [5.74, 6) is 0.883. The number of ether oxygens (including phenoxy) is 2. The van der Waals surface area contributed by atoms with Crippen LogP contribution in [0.3, 0.4) is 0 Å². The van der Waals surface area contributed by atoms with Gasteiger partial charge in [-0.2, -0.15) is 5.10 Å². The molecule has 4 rings (SSSR count). The molecule has 0 saturated heterocycles. The van der Waals surface area contributed by atoms with Crippen molar-refractivity contribution in [3.05, 3.63) is 70.8 Å². The Hall–Kier alpha value is -3.35. The van der Waals surface area contributed by atoms with Gasteiger partial charge in [0.05, 0.1) is 19.9 Å². The highest BCUT2D eigenvalue weighted by atomic mass is 19.1. The minimum Gasteiger partial charge on any atom is -0.493 e. The van der Waals surface area contributed by atoms with E-state index in [0.29, 0.717) is 30.3 Å². The third-order valence-corrected chi connectivity index (χ3v) is 5.69. The summed E-state index contributed by atoms with van der Waals surface area (Å²) >= 11 is 0. The fourth-order valence-corrected chi connectivity index (χ4v) is 4.08. The second kappa shape index (κ2) is 8.79. The Morgan fingerprint density at radius 2 is 1.84 bits per heavy atom.